The maximum absolute atomic E-state index is 14.3. The van der Waals surface area contributed by atoms with Crippen LogP contribution in [0.5, 0.6) is 0 Å². The van der Waals surface area contributed by atoms with E-state index in [0.717, 1.165) is 32.2 Å². The summed E-state index contributed by atoms with van der Waals surface area (Å²) in [7, 11) is 0. The molecule has 0 spiro atoms. The van der Waals surface area contributed by atoms with E-state index >= 15 is 0 Å². The minimum absolute atomic E-state index is 0.0153. The highest BCUT2D eigenvalue weighted by atomic mass is 19.1. The molecule has 1 aromatic rings. The quantitative estimate of drug-likeness (QED) is 0.340. The highest BCUT2D eigenvalue weighted by Crippen LogP contribution is 2.27. The van der Waals surface area contributed by atoms with Crippen molar-refractivity contribution in [2.24, 2.45) is 10.9 Å². The molecule has 0 radical (unpaired) electrons. The monoisotopic (exact) mass is 281 g/mol. The average molecular weight is 281 g/mol. The third-order valence-electron chi connectivity index (χ3n) is 3.75. The molecule has 1 unspecified atom stereocenters. The molecule has 1 aliphatic heterocycles. The number of benzene rings is 1. The van der Waals surface area contributed by atoms with Gasteiger partial charge in [-0.2, -0.15) is 0 Å². The largest absolute Gasteiger partial charge is 0.409 e. The highest BCUT2D eigenvalue weighted by molar-refractivity contribution is 5.97. The van der Waals surface area contributed by atoms with Crippen LogP contribution in [0.2, 0.25) is 0 Å². The molecule has 1 atom stereocenters. The zero-order chi connectivity index (χ0) is 14.5. The first-order valence-corrected chi connectivity index (χ1v) is 6.82. The summed E-state index contributed by atoms with van der Waals surface area (Å²) in [6.45, 7) is 0.743. The fraction of sp³-hybridized carbons (Fsp3) is 0.500. The molecule has 110 valence electrons. The van der Waals surface area contributed by atoms with E-state index in [4.69, 9.17) is 10.9 Å². The molecule has 4 N–H and O–H groups in total. The second-order valence-corrected chi connectivity index (χ2v) is 5.03. The molecule has 1 heterocycles. The van der Waals surface area contributed by atoms with E-state index in [0.29, 0.717) is 11.3 Å². The molecule has 1 fully saturated rings. The summed E-state index contributed by atoms with van der Waals surface area (Å²) in [6.07, 6.45) is 3.98. The lowest BCUT2D eigenvalue weighted by molar-refractivity contribution is 0.254. The summed E-state index contributed by atoms with van der Waals surface area (Å²) in [5, 5.41) is 21.0. The summed E-state index contributed by atoms with van der Waals surface area (Å²) < 4.78 is 14.3. The van der Waals surface area contributed by atoms with Gasteiger partial charge in [-0.25, -0.2) is 4.39 Å². The molecule has 0 amide bonds. The van der Waals surface area contributed by atoms with Crippen molar-refractivity contribution in [1.82, 2.24) is 0 Å². The Labute approximate surface area is 117 Å². The number of aliphatic hydroxyl groups is 1. The molecule has 20 heavy (non-hydrogen) atoms. The van der Waals surface area contributed by atoms with Gasteiger partial charge in [0.2, 0.25) is 0 Å². The molecule has 0 bridgehead atoms. The fourth-order valence-corrected chi connectivity index (χ4v) is 2.64. The number of rotatable bonds is 3. The second-order valence-electron chi connectivity index (χ2n) is 5.03. The van der Waals surface area contributed by atoms with Crippen molar-refractivity contribution in [2.75, 3.05) is 18.1 Å². The normalized spacial score (nSPS) is 20.8. The second kappa shape index (κ2) is 6.56. The summed E-state index contributed by atoms with van der Waals surface area (Å²) >= 11 is 0. The van der Waals surface area contributed by atoms with E-state index in [1.807, 2.05) is 4.90 Å². The molecule has 1 aliphatic rings. The number of hydrogen-bond donors (Lipinski definition) is 3. The molecule has 6 heteroatoms. The molecular weight excluding hydrogens is 261 g/mol. The fourth-order valence-electron chi connectivity index (χ4n) is 2.64. The van der Waals surface area contributed by atoms with Gasteiger partial charge in [0, 0.05) is 12.1 Å². The molecule has 2 rings (SSSR count). The topological polar surface area (TPSA) is 82.1 Å². The van der Waals surface area contributed by atoms with Gasteiger partial charge < -0.3 is 20.9 Å². The average Bonchev–Trinajstić information content (AvgIpc) is 2.71. The molecule has 0 saturated carbocycles. The Kier molecular flexibility index (Phi) is 4.79. The van der Waals surface area contributed by atoms with Crippen LogP contribution in [0, 0.1) is 5.82 Å². The third-order valence-corrected chi connectivity index (χ3v) is 3.75. The van der Waals surface area contributed by atoms with Gasteiger partial charge >= 0.3 is 0 Å². The van der Waals surface area contributed by atoms with Crippen molar-refractivity contribution >= 4 is 11.5 Å². The Bertz CT molecular complexity index is 493. The summed E-state index contributed by atoms with van der Waals surface area (Å²) in [5.74, 6) is -0.542. The number of amidine groups is 1. The van der Waals surface area contributed by atoms with Gasteiger partial charge in [-0.3, -0.25) is 0 Å². The summed E-state index contributed by atoms with van der Waals surface area (Å²) in [6, 6.07) is 4.44. The maximum atomic E-state index is 14.3. The zero-order valence-corrected chi connectivity index (χ0v) is 11.3. The summed E-state index contributed by atoms with van der Waals surface area (Å²) in [4.78, 5) is 1.92. The van der Waals surface area contributed by atoms with E-state index in [9.17, 15) is 9.50 Å². The highest BCUT2D eigenvalue weighted by Gasteiger charge is 2.23. The van der Waals surface area contributed by atoms with E-state index in [-0.39, 0.29) is 18.5 Å². The van der Waals surface area contributed by atoms with Crippen molar-refractivity contribution in [3.8, 4) is 0 Å². The van der Waals surface area contributed by atoms with Crippen LogP contribution in [0.15, 0.2) is 23.4 Å². The van der Waals surface area contributed by atoms with Crippen molar-refractivity contribution in [1.29, 1.82) is 0 Å². The Morgan fingerprint density at radius 2 is 2.20 bits per heavy atom. The Hall–Kier alpha value is -1.82. The predicted molar refractivity (Wildman–Crippen MR) is 75.6 cm³/mol. The number of oxime groups is 1. The SMILES string of the molecule is N/C(=N/O)c1ccc(N2CCCCCC2CO)c(F)c1. The van der Waals surface area contributed by atoms with E-state index in [1.54, 1.807) is 12.1 Å². The van der Waals surface area contributed by atoms with Crippen molar-refractivity contribution < 1.29 is 14.7 Å². The molecule has 0 aliphatic carbocycles. The lowest BCUT2D eigenvalue weighted by Crippen LogP contribution is -2.38. The third kappa shape index (κ3) is 3.01. The number of aliphatic hydroxyl groups excluding tert-OH is 1. The van der Waals surface area contributed by atoms with Gasteiger partial charge in [-0.15, -0.1) is 0 Å². The van der Waals surface area contributed by atoms with Crippen LogP contribution in [0.1, 0.15) is 31.2 Å². The first kappa shape index (κ1) is 14.6. The zero-order valence-electron chi connectivity index (χ0n) is 11.3. The van der Waals surface area contributed by atoms with E-state index in [2.05, 4.69) is 5.16 Å². The minimum atomic E-state index is -0.422. The number of nitrogens with two attached hydrogens (primary N) is 1. The van der Waals surface area contributed by atoms with Crippen molar-refractivity contribution in [2.45, 2.75) is 31.7 Å². The van der Waals surface area contributed by atoms with Gasteiger partial charge in [0.05, 0.1) is 18.3 Å². The molecule has 0 aromatic heterocycles. The van der Waals surface area contributed by atoms with Crippen molar-refractivity contribution in [3.63, 3.8) is 0 Å². The molecule has 1 aromatic carbocycles. The van der Waals surface area contributed by atoms with E-state index in [1.165, 1.54) is 6.07 Å². The first-order chi connectivity index (χ1) is 9.67. The number of hydrogen-bond acceptors (Lipinski definition) is 4. The van der Waals surface area contributed by atoms with Crippen LogP contribution in [0.4, 0.5) is 10.1 Å². The molecule has 5 nitrogen and oxygen atoms in total. The van der Waals surface area contributed by atoms with Crippen LogP contribution >= 0.6 is 0 Å². The van der Waals surface area contributed by atoms with Gasteiger partial charge in [-0.05, 0) is 31.0 Å². The maximum Gasteiger partial charge on any atom is 0.170 e. The molecule has 1 saturated heterocycles. The molecular formula is C14H20FN3O2. The van der Waals surface area contributed by atoms with Gasteiger partial charge in [0.15, 0.2) is 5.84 Å². The smallest absolute Gasteiger partial charge is 0.170 e. The lowest BCUT2D eigenvalue weighted by Gasteiger charge is -2.31. The number of halogens is 1. The van der Waals surface area contributed by atoms with Gasteiger partial charge in [-0.1, -0.05) is 18.0 Å². The number of anilines is 1. The summed E-state index contributed by atoms with van der Waals surface area (Å²) in [5.41, 5.74) is 6.25. The Morgan fingerprint density at radius 1 is 1.40 bits per heavy atom. The predicted octanol–water partition coefficient (Wildman–Crippen LogP) is 1.66. The first-order valence-electron chi connectivity index (χ1n) is 6.82. The van der Waals surface area contributed by atoms with Crippen molar-refractivity contribution in [3.05, 3.63) is 29.6 Å². The van der Waals surface area contributed by atoms with Crippen LogP contribution in [-0.2, 0) is 0 Å². The van der Waals surface area contributed by atoms with Crippen LogP contribution in [0.25, 0.3) is 0 Å². The van der Waals surface area contributed by atoms with Crippen LogP contribution in [-0.4, -0.2) is 35.3 Å². The Morgan fingerprint density at radius 3 is 2.85 bits per heavy atom. The van der Waals surface area contributed by atoms with Gasteiger partial charge in [0.1, 0.15) is 5.82 Å². The van der Waals surface area contributed by atoms with Gasteiger partial charge in [0.25, 0.3) is 0 Å². The lowest BCUT2D eigenvalue weighted by atomic mass is 10.1. The van der Waals surface area contributed by atoms with Crippen LogP contribution < -0.4 is 10.6 Å². The standard InChI is InChI=1S/C14H20FN3O2/c15-12-8-10(14(16)17-20)5-6-13(12)18-7-3-1-2-4-11(18)9-19/h5-6,8,11,19-20H,1-4,7,9H2,(H2,16,17). The van der Waals surface area contributed by atoms with Crippen LogP contribution in [0.3, 0.4) is 0 Å². The Balaban J connectivity index is 2.31. The number of nitrogens with zero attached hydrogens (tertiary/aromatic N) is 2. The minimum Gasteiger partial charge on any atom is -0.409 e. The van der Waals surface area contributed by atoms with E-state index < -0.39 is 5.82 Å².